The molecule has 2 heterocycles. The van der Waals surface area contributed by atoms with Crippen LogP contribution in [0, 0.1) is 19.8 Å². The first-order valence-corrected chi connectivity index (χ1v) is 11.6. The van der Waals surface area contributed by atoms with E-state index in [0.29, 0.717) is 23.4 Å². The van der Waals surface area contributed by atoms with Crippen molar-refractivity contribution >= 4 is 5.91 Å². The Morgan fingerprint density at radius 2 is 2.06 bits per heavy atom. The lowest BCUT2D eigenvalue weighted by molar-refractivity contribution is -0.123. The number of fused-ring (bicyclic) bond motifs is 1. The number of nitrogens with one attached hydrogen (secondary N) is 1. The Morgan fingerprint density at radius 1 is 1.21 bits per heavy atom. The molecule has 1 saturated carbocycles. The van der Waals surface area contributed by atoms with Crippen LogP contribution in [0.25, 0.3) is 0 Å². The van der Waals surface area contributed by atoms with Gasteiger partial charge in [-0.2, -0.15) is 4.98 Å². The van der Waals surface area contributed by atoms with Crippen molar-refractivity contribution in [2.24, 2.45) is 5.92 Å². The average Bonchev–Trinajstić information content (AvgIpc) is 3.46. The molecule has 5 rings (SSSR count). The van der Waals surface area contributed by atoms with Crippen LogP contribution in [-0.4, -0.2) is 46.7 Å². The van der Waals surface area contributed by atoms with E-state index >= 15 is 0 Å². The Bertz CT molecular complexity index is 1120. The molecule has 3 unspecified atom stereocenters. The van der Waals surface area contributed by atoms with Crippen LogP contribution in [0.1, 0.15) is 35.7 Å². The summed E-state index contributed by atoms with van der Waals surface area (Å²) in [5.41, 5.74) is 2.17. The fourth-order valence-corrected chi connectivity index (χ4v) is 5.50. The van der Waals surface area contributed by atoms with E-state index in [1.807, 2.05) is 44.2 Å². The molecule has 1 saturated heterocycles. The van der Waals surface area contributed by atoms with Crippen molar-refractivity contribution in [3.8, 4) is 5.75 Å². The van der Waals surface area contributed by atoms with E-state index in [-0.39, 0.29) is 24.0 Å². The number of hydrogen-bond acceptors (Lipinski definition) is 6. The molecular weight excluding hydrogens is 416 g/mol. The number of carbonyl (C=O) groups excluding carboxylic acids is 1. The highest BCUT2D eigenvalue weighted by molar-refractivity contribution is 5.78. The first-order valence-electron chi connectivity index (χ1n) is 11.6. The van der Waals surface area contributed by atoms with Crippen molar-refractivity contribution in [3.05, 3.63) is 77.4 Å². The van der Waals surface area contributed by atoms with E-state index in [0.717, 1.165) is 38.0 Å². The van der Waals surface area contributed by atoms with Crippen LogP contribution in [0.3, 0.4) is 0 Å². The molecule has 0 radical (unpaired) electrons. The van der Waals surface area contributed by atoms with Crippen LogP contribution >= 0.6 is 0 Å². The van der Waals surface area contributed by atoms with Gasteiger partial charge in [0.05, 0.1) is 5.41 Å². The molecule has 7 nitrogen and oxygen atoms in total. The number of benzene rings is 2. The minimum Gasteiger partial charge on any atom is -0.484 e. The number of hydrogen-bond donors (Lipinski definition) is 1. The van der Waals surface area contributed by atoms with E-state index < -0.39 is 0 Å². The van der Waals surface area contributed by atoms with Gasteiger partial charge < -0.3 is 14.6 Å². The van der Waals surface area contributed by atoms with Crippen LogP contribution in [0.4, 0.5) is 0 Å². The maximum Gasteiger partial charge on any atom is 0.258 e. The number of amides is 1. The van der Waals surface area contributed by atoms with Gasteiger partial charge in [-0.3, -0.25) is 9.69 Å². The topological polar surface area (TPSA) is 80.5 Å². The summed E-state index contributed by atoms with van der Waals surface area (Å²) in [7, 11) is 0. The van der Waals surface area contributed by atoms with Crippen LogP contribution in [0.2, 0.25) is 0 Å². The Morgan fingerprint density at radius 3 is 2.82 bits per heavy atom. The quantitative estimate of drug-likeness (QED) is 0.599. The third-order valence-electron chi connectivity index (χ3n) is 6.87. The number of aryl methyl sites for hydroxylation is 2. The maximum atomic E-state index is 12.6. The number of likely N-dealkylation sites (tertiary alicyclic amines) is 1. The molecule has 1 aromatic heterocycles. The summed E-state index contributed by atoms with van der Waals surface area (Å²) in [5, 5.41) is 7.26. The number of carbonyl (C=O) groups is 1. The number of ether oxygens (including phenoxy) is 1. The molecule has 2 aliphatic rings. The molecule has 2 aromatic carbocycles. The third-order valence-corrected chi connectivity index (χ3v) is 6.87. The summed E-state index contributed by atoms with van der Waals surface area (Å²) in [6.45, 7) is 6.56. The molecule has 33 heavy (non-hydrogen) atoms. The van der Waals surface area contributed by atoms with Crippen LogP contribution in [0.15, 0.2) is 59.1 Å². The molecule has 172 valence electrons. The molecule has 3 aromatic rings. The van der Waals surface area contributed by atoms with Crippen LogP contribution in [0.5, 0.6) is 5.75 Å². The van der Waals surface area contributed by atoms with Crippen molar-refractivity contribution in [2.45, 2.75) is 44.7 Å². The van der Waals surface area contributed by atoms with Gasteiger partial charge in [0.15, 0.2) is 12.4 Å². The van der Waals surface area contributed by atoms with E-state index in [9.17, 15) is 4.79 Å². The SMILES string of the molecule is Cc1cccc(OCC(=O)NC2CC3CN(Cc4ccccc4)CC3(c3nc(C)no3)C2)c1. The molecular formula is C26H30N4O3. The normalized spacial score (nSPS) is 24.5. The maximum absolute atomic E-state index is 12.6. The monoisotopic (exact) mass is 446 g/mol. The Kier molecular flexibility index (Phi) is 5.89. The molecule has 2 fully saturated rings. The van der Waals surface area contributed by atoms with Crippen molar-refractivity contribution in [2.75, 3.05) is 19.7 Å². The van der Waals surface area contributed by atoms with Gasteiger partial charge in [-0.15, -0.1) is 0 Å². The summed E-state index contributed by atoms with van der Waals surface area (Å²) in [6, 6.07) is 18.3. The lowest BCUT2D eigenvalue weighted by Gasteiger charge is -2.25. The van der Waals surface area contributed by atoms with Crippen molar-refractivity contribution in [1.82, 2.24) is 20.4 Å². The van der Waals surface area contributed by atoms with Gasteiger partial charge in [0, 0.05) is 25.7 Å². The van der Waals surface area contributed by atoms with E-state index in [1.165, 1.54) is 5.56 Å². The first kappa shape index (κ1) is 21.6. The molecule has 7 heteroatoms. The van der Waals surface area contributed by atoms with Crippen LogP contribution < -0.4 is 10.1 Å². The summed E-state index contributed by atoms with van der Waals surface area (Å²) in [5.74, 6) is 2.32. The van der Waals surface area contributed by atoms with Gasteiger partial charge in [0.1, 0.15) is 5.75 Å². The standard InChI is InChI=1S/C26H30N4O3/c1-18-7-6-10-23(11-18)32-16-24(31)28-22-12-21-15-30(14-20-8-4-3-5-9-20)17-26(21,13-22)25-27-19(2)29-33-25/h3-11,21-22H,12-17H2,1-2H3,(H,28,31). The van der Waals surface area contributed by atoms with Gasteiger partial charge in [-0.05, 0) is 55.9 Å². The van der Waals surface area contributed by atoms with Gasteiger partial charge in [0.25, 0.3) is 5.91 Å². The smallest absolute Gasteiger partial charge is 0.258 e. The van der Waals surface area contributed by atoms with Crippen molar-refractivity contribution in [1.29, 1.82) is 0 Å². The Balaban J connectivity index is 1.25. The summed E-state index contributed by atoms with van der Waals surface area (Å²) >= 11 is 0. The van der Waals surface area contributed by atoms with E-state index in [4.69, 9.17) is 9.26 Å². The summed E-state index contributed by atoms with van der Waals surface area (Å²) < 4.78 is 11.4. The minimum atomic E-state index is -0.231. The zero-order chi connectivity index (χ0) is 22.8. The molecule has 1 aliphatic carbocycles. The second kappa shape index (κ2) is 8.98. The predicted octanol–water partition coefficient (Wildman–Crippen LogP) is 3.41. The first-order chi connectivity index (χ1) is 16.0. The van der Waals surface area contributed by atoms with Gasteiger partial charge in [-0.1, -0.05) is 47.6 Å². The van der Waals surface area contributed by atoms with Crippen molar-refractivity contribution < 1.29 is 14.1 Å². The molecule has 1 amide bonds. The lowest BCUT2D eigenvalue weighted by atomic mass is 9.80. The van der Waals surface area contributed by atoms with E-state index in [2.05, 4.69) is 44.6 Å². The molecule has 0 bridgehead atoms. The average molecular weight is 447 g/mol. The number of nitrogens with zero attached hydrogens (tertiary/aromatic N) is 3. The fraction of sp³-hybridized carbons (Fsp3) is 0.423. The van der Waals surface area contributed by atoms with E-state index in [1.54, 1.807) is 0 Å². The second-order valence-electron chi connectivity index (χ2n) is 9.46. The lowest BCUT2D eigenvalue weighted by Crippen LogP contribution is -2.39. The molecule has 3 atom stereocenters. The highest BCUT2D eigenvalue weighted by atomic mass is 16.5. The van der Waals surface area contributed by atoms with Gasteiger partial charge in [-0.25, -0.2) is 0 Å². The summed E-state index contributed by atoms with van der Waals surface area (Å²) in [4.78, 5) is 19.7. The molecule has 1 N–H and O–H groups in total. The zero-order valence-corrected chi connectivity index (χ0v) is 19.2. The highest BCUT2D eigenvalue weighted by Gasteiger charge is 2.57. The van der Waals surface area contributed by atoms with Crippen LogP contribution in [-0.2, 0) is 16.8 Å². The summed E-state index contributed by atoms with van der Waals surface area (Å²) in [6.07, 6.45) is 1.68. The molecule has 1 aliphatic heterocycles. The van der Waals surface area contributed by atoms with Gasteiger partial charge in [0.2, 0.25) is 5.89 Å². The number of aromatic nitrogens is 2. The third kappa shape index (κ3) is 4.64. The largest absolute Gasteiger partial charge is 0.484 e. The number of rotatable bonds is 7. The highest BCUT2D eigenvalue weighted by Crippen LogP contribution is 2.50. The Labute approximate surface area is 194 Å². The predicted molar refractivity (Wildman–Crippen MR) is 124 cm³/mol. The fourth-order valence-electron chi connectivity index (χ4n) is 5.50. The minimum absolute atomic E-state index is 0.0113. The van der Waals surface area contributed by atoms with Gasteiger partial charge >= 0.3 is 0 Å². The second-order valence-corrected chi connectivity index (χ2v) is 9.46. The Hall–Kier alpha value is -3.19. The molecule has 0 spiro atoms. The van der Waals surface area contributed by atoms with Crippen molar-refractivity contribution in [3.63, 3.8) is 0 Å². The zero-order valence-electron chi connectivity index (χ0n) is 19.2.